The van der Waals surface area contributed by atoms with Crippen molar-refractivity contribution in [2.24, 2.45) is 0 Å². The van der Waals surface area contributed by atoms with Gasteiger partial charge in [-0.05, 0) is 53.6 Å². The standard InChI is InChI=1S/C27H23ClN2O5/c1-33-24-13-17(14-25(34-2)26(24)35-3)7-12-23(31)19-5-4-6-21(15-19)30-16-22(29-27(30)32)18-8-10-20(28)11-9-18/h4-16H,1-3H3,(H,29,32)/b12-7+. The van der Waals surface area contributed by atoms with E-state index in [1.165, 1.54) is 32.0 Å². The maximum Gasteiger partial charge on any atom is 0.330 e. The quantitative estimate of drug-likeness (QED) is 0.264. The molecule has 0 saturated heterocycles. The third-order valence-electron chi connectivity index (χ3n) is 5.40. The van der Waals surface area contributed by atoms with Crippen LogP contribution in [-0.4, -0.2) is 36.7 Å². The van der Waals surface area contributed by atoms with Gasteiger partial charge in [-0.1, -0.05) is 41.9 Å². The number of benzene rings is 3. The van der Waals surface area contributed by atoms with Crippen molar-refractivity contribution in [3.8, 4) is 34.2 Å². The number of methoxy groups -OCH3 is 3. The molecule has 0 radical (unpaired) electrons. The summed E-state index contributed by atoms with van der Waals surface area (Å²) < 4.78 is 17.5. The SMILES string of the molecule is COc1cc(/C=C/C(=O)c2cccc(-n3cc(-c4ccc(Cl)cc4)[nH]c3=O)c2)cc(OC)c1OC. The lowest BCUT2D eigenvalue weighted by molar-refractivity contribution is 0.104. The van der Waals surface area contributed by atoms with Gasteiger partial charge >= 0.3 is 5.69 Å². The van der Waals surface area contributed by atoms with E-state index in [0.717, 1.165) is 5.56 Å². The molecular weight excluding hydrogens is 468 g/mol. The molecule has 0 unspecified atom stereocenters. The molecule has 0 aliphatic carbocycles. The third kappa shape index (κ3) is 5.15. The van der Waals surface area contributed by atoms with E-state index >= 15 is 0 Å². The first-order valence-electron chi connectivity index (χ1n) is 10.6. The van der Waals surface area contributed by atoms with Crippen molar-refractivity contribution in [3.63, 3.8) is 0 Å². The van der Waals surface area contributed by atoms with Crippen molar-refractivity contribution in [1.82, 2.24) is 9.55 Å². The van der Waals surface area contributed by atoms with Gasteiger partial charge in [0.05, 0.1) is 32.7 Å². The molecule has 1 heterocycles. The second-order valence-corrected chi connectivity index (χ2v) is 7.99. The van der Waals surface area contributed by atoms with Gasteiger partial charge in [-0.15, -0.1) is 0 Å². The van der Waals surface area contributed by atoms with Crippen LogP contribution in [0, 0.1) is 0 Å². The summed E-state index contributed by atoms with van der Waals surface area (Å²) in [6, 6.07) is 17.5. The second-order valence-electron chi connectivity index (χ2n) is 7.56. The number of aromatic nitrogens is 2. The fourth-order valence-electron chi connectivity index (χ4n) is 3.64. The van der Waals surface area contributed by atoms with Crippen molar-refractivity contribution >= 4 is 23.5 Å². The molecule has 0 aliphatic heterocycles. The second kappa shape index (κ2) is 10.4. The number of nitrogens with zero attached hydrogens (tertiary/aromatic N) is 1. The zero-order valence-corrected chi connectivity index (χ0v) is 20.1. The average molecular weight is 491 g/mol. The summed E-state index contributed by atoms with van der Waals surface area (Å²) >= 11 is 5.95. The number of carbonyl (C=O) groups is 1. The summed E-state index contributed by atoms with van der Waals surface area (Å²) in [4.78, 5) is 28.3. The zero-order chi connectivity index (χ0) is 24.9. The molecule has 0 aliphatic rings. The first-order valence-corrected chi connectivity index (χ1v) is 11.0. The number of rotatable bonds is 8. The van der Waals surface area contributed by atoms with Crippen LogP contribution in [0.4, 0.5) is 0 Å². The maximum atomic E-state index is 12.9. The van der Waals surface area contributed by atoms with E-state index in [1.54, 1.807) is 60.8 Å². The molecule has 4 rings (SSSR count). The van der Waals surface area contributed by atoms with Crippen LogP contribution < -0.4 is 19.9 Å². The van der Waals surface area contributed by atoms with Crippen LogP contribution in [0.5, 0.6) is 17.2 Å². The molecule has 0 saturated carbocycles. The molecule has 3 aromatic carbocycles. The van der Waals surface area contributed by atoms with E-state index < -0.39 is 0 Å². The van der Waals surface area contributed by atoms with Gasteiger partial charge in [-0.25, -0.2) is 4.79 Å². The van der Waals surface area contributed by atoms with E-state index in [4.69, 9.17) is 25.8 Å². The Bertz CT molecular complexity index is 1430. The number of halogens is 1. The van der Waals surface area contributed by atoms with Gasteiger partial charge in [0.25, 0.3) is 0 Å². The predicted octanol–water partition coefficient (Wildman–Crippen LogP) is 5.41. The molecule has 178 valence electrons. The average Bonchev–Trinajstić information content (AvgIpc) is 3.28. The Morgan fingerprint density at radius 2 is 1.63 bits per heavy atom. The summed E-state index contributed by atoms with van der Waals surface area (Å²) in [7, 11) is 4.59. The van der Waals surface area contributed by atoms with Gasteiger partial charge in [0.2, 0.25) is 5.75 Å². The number of ketones is 1. The molecule has 0 fully saturated rings. The lowest BCUT2D eigenvalue weighted by Crippen LogP contribution is -2.14. The molecule has 35 heavy (non-hydrogen) atoms. The van der Waals surface area contributed by atoms with Crippen LogP contribution in [0.1, 0.15) is 15.9 Å². The highest BCUT2D eigenvalue weighted by Gasteiger charge is 2.13. The van der Waals surface area contributed by atoms with Gasteiger partial charge in [0.15, 0.2) is 17.3 Å². The molecule has 4 aromatic rings. The van der Waals surface area contributed by atoms with Crippen LogP contribution >= 0.6 is 11.6 Å². The maximum absolute atomic E-state index is 12.9. The molecule has 1 N–H and O–H groups in total. The van der Waals surface area contributed by atoms with Gasteiger partial charge in [-0.3, -0.25) is 9.36 Å². The minimum absolute atomic E-state index is 0.220. The highest BCUT2D eigenvalue weighted by Crippen LogP contribution is 2.38. The van der Waals surface area contributed by atoms with Crippen LogP contribution in [-0.2, 0) is 0 Å². The Kier molecular flexibility index (Phi) is 7.08. The van der Waals surface area contributed by atoms with E-state index in [-0.39, 0.29) is 11.5 Å². The molecule has 7 nitrogen and oxygen atoms in total. The van der Waals surface area contributed by atoms with Gasteiger partial charge in [0, 0.05) is 16.8 Å². The largest absolute Gasteiger partial charge is 0.493 e. The molecule has 0 bridgehead atoms. The Morgan fingerprint density at radius 1 is 0.943 bits per heavy atom. The van der Waals surface area contributed by atoms with E-state index in [0.29, 0.717) is 44.8 Å². The van der Waals surface area contributed by atoms with E-state index in [2.05, 4.69) is 4.98 Å². The number of allylic oxidation sites excluding steroid dienone is 1. The van der Waals surface area contributed by atoms with Crippen molar-refractivity contribution < 1.29 is 19.0 Å². The molecular formula is C27H23ClN2O5. The summed E-state index contributed by atoms with van der Waals surface area (Å²) in [5, 5.41) is 0.612. The van der Waals surface area contributed by atoms with Gasteiger partial charge in [-0.2, -0.15) is 0 Å². The number of H-pyrrole nitrogens is 1. The van der Waals surface area contributed by atoms with Crippen molar-refractivity contribution in [3.05, 3.63) is 99.6 Å². The Hall–Kier alpha value is -4.23. The molecule has 0 atom stereocenters. The summed E-state index contributed by atoms with van der Waals surface area (Å²) in [5.74, 6) is 1.23. The number of hydrogen-bond acceptors (Lipinski definition) is 5. The molecule has 8 heteroatoms. The van der Waals surface area contributed by atoms with E-state index in [1.807, 2.05) is 12.1 Å². The first kappa shape index (κ1) is 23.9. The fourth-order valence-corrected chi connectivity index (χ4v) is 3.76. The Morgan fingerprint density at radius 3 is 2.26 bits per heavy atom. The monoisotopic (exact) mass is 490 g/mol. The molecule has 1 aromatic heterocycles. The van der Waals surface area contributed by atoms with Crippen molar-refractivity contribution in [2.75, 3.05) is 21.3 Å². The van der Waals surface area contributed by atoms with Crippen LogP contribution in [0.3, 0.4) is 0 Å². The number of imidazole rings is 1. The first-order chi connectivity index (χ1) is 16.9. The van der Waals surface area contributed by atoms with Crippen LogP contribution in [0.15, 0.2) is 77.7 Å². The van der Waals surface area contributed by atoms with Gasteiger partial charge < -0.3 is 19.2 Å². The smallest absolute Gasteiger partial charge is 0.330 e. The Balaban J connectivity index is 1.60. The lowest BCUT2D eigenvalue weighted by atomic mass is 10.1. The fraction of sp³-hybridized carbons (Fsp3) is 0.111. The summed E-state index contributed by atoms with van der Waals surface area (Å²) in [5.41, 5.74) is 2.87. The minimum atomic E-state index is -0.312. The number of hydrogen-bond donors (Lipinski definition) is 1. The highest BCUT2D eigenvalue weighted by molar-refractivity contribution is 6.30. The molecule has 0 spiro atoms. The predicted molar refractivity (Wildman–Crippen MR) is 136 cm³/mol. The Labute approximate surface area is 207 Å². The number of nitrogens with one attached hydrogen (secondary N) is 1. The van der Waals surface area contributed by atoms with E-state index in [9.17, 15) is 9.59 Å². The van der Waals surface area contributed by atoms with Crippen molar-refractivity contribution in [2.45, 2.75) is 0 Å². The summed E-state index contributed by atoms with van der Waals surface area (Å²) in [6.45, 7) is 0. The zero-order valence-electron chi connectivity index (χ0n) is 19.4. The summed E-state index contributed by atoms with van der Waals surface area (Å²) in [6.07, 6.45) is 4.82. The lowest BCUT2D eigenvalue weighted by Gasteiger charge is -2.12. The topological polar surface area (TPSA) is 82.6 Å². The van der Waals surface area contributed by atoms with Crippen LogP contribution in [0.25, 0.3) is 23.0 Å². The third-order valence-corrected chi connectivity index (χ3v) is 5.65. The molecule has 0 amide bonds. The highest BCUT2D eigenvalue weighted by atomic mass is 35.5. The normalized spacial score (nSPS) is 11.0. The number of carbonyl (C=O) groups excluding carboxylic acids is 1. The van der Waals surface area contributed by atoms with Gasteiger partial charge in [0.1, 0.15) is 0 Å². The van der Waals surface area contributed by atoms with Crippen molar-refractivity contribution in [1.29, 1.82) is 0 Å². The minimum Gasteiger partial charge on any atom is -0.493 e. The number of ether oxygens (including phenoxy) is 3. The number of aromatic amines is 1. The van der Waals surface area contributed by atoms with Crippen LogP contribution in [0.2, 0.25) is 5.02 Å².